The van der Waals surface area contributed by atoms with E-state index in [-0.39, 0.29) is 5.91 Å². The summed E-state index contributed by atoms with van der Waals surface area (Å²) in [5.74, 6) is 0.801. The molecular formula is C15H15NO2S. The minimum atomic E-state index is 0.0794. The summed E-state index contributed by atoms with van der Waals surface area (Å²) in [6, 6.07) is 9.46. The highest BCUT2D eigenvalue weighted by Gasteiger charge is 2.22. The van der Waals surface area contributed by atoms with Crippen LogP contribution < -0.4 is 4.74 Å². The molecule has 0 radical (unpaired) electrons. The number of hydrogen-bond donors (Lipinski definition) is 0. The van der Waals surface area contributed by atoms with Gasteiger partial charge in [0.05, 0.1) is 7.11 Å². The van der Waals surface area contributed by atoms with Gasteiger partial charge in [-0.2, -0.15) is 0 Å². The van der Waals surface area contributed by atoms with Gasteiger partial charge in [-0.1, -0.05) is 6.07 Å². The first-order chi connectivity index (χ1) is 9.28. The molecule has 1 aliphatic rings. The molecule has 0 fully saturated rings. The Labute approximate surface area is 116 Å². The Balaban J connectivity index is 1.81. The molecule has 1 aliphatic heterocycles. The van der Waals surface area contributed by atoms with Crippen molar-refractivity contribution in [2.75, 3.05) is 13.7 Å². The highest BCUT2D eigenvalue weighted by molar-refractivity contribution is 7.10. The van der Waals surface area contributed by atoms with Gasteiger partial charge in [0.15, 0.2) is 0 Å². The highest BCUT2D eigenvalue weighted by Crippen LogP contribution is 2.25. The van der Waals surface area contributed by atoms with Crippen molar-refractivity contribution in [3.8, 4) is 5.75 Å². The third kappa shape index (κ3) is 2.36. The van der Waals surface area contributed by atoms with Gasteiger partial charge in [-0.3, -0.25) is 4.79 Å². The largest absolute Gasteiger partial charge is 0.497 e. The van der Waals surface area contributed by atoms with E-state index < -0.39 is 0 Å². The lowest BCUT2D eigenvalue weighted by molar-refractivity contribution is 0.0735. The number of fused-ring (bicyclic) bond motifs is 1. The first-order valence-corrected chi connectivity index (χ1v) is 7.14. The fourth-order valence-electron chi connectivity index (χ4n) is 2.36. The SMILES string of the molecule is COc1cccc(C(=O)N2CCc3sccc3C2)c1. The predicted octanol–water partition coefficient (Wildman–Crippen LogP) is 2.96. The van der Waals surface area contributed by atoms with Crippen LogP contribution in [0.3, 0.4) is 0 Å². The first kappa shape index (κ1) is 12.2. The molecule has 4 heteroatoms. The Morgan fingerprint density at radius 2 is 2.26 bits per heavy atom. The molecule has 1 amide bonds. The van der Waals surface area contributed by atoms with E-state index in [4.69, 9.17) is 4.74 Å². The van der Waals surface area contributed by atoms with Gasteiger partial charge in [-0.25, -0.2) is 0 Å². The van der Waals surface area contributed by atoms with Crippen molar-refractivity contribution >= 4 is 17.2 Å². The number of hydrogen-bond acceptors (Lipinski definition) is 3. The van der Waals surface area contributed by atoms with Gasteiger partial charge in [-0.05, 0) is 41.6 Å². The van der Waals surface area contributed by atoms with Crippen LogP contribution in [0.1, 0.15) is 20.8 Å². The minimum absolute atomic E-state index is 0.0794. The summed E-state index contributed by atoms with van der Waals surface area (Å²) < 4.78 is 5.17. The molecule has 3 rings (SSSR count). The zero-order chi connectivity index (χ0) is 13.2. The van der Waals surface area contributed by atoms with Crippen molar-refractivity contribution < 1.29 is 9.53 Å². The molecule has 98 valence electrons. The number of thiophene rings is 1. The number of amides is 1. The van der Waals surface area contributed by atoms with Crippen LogP contribution in [0.5, 0.6) is 5.75 Å². The van der Waals surface area contributed by atoms with E-state index in [0.717, 1.165) is 25.3 Å². The normalized spacial score (nSPS) is 14.1. The fraction of sp³-hybridized carbons (Fsp3) is 0.267. The zero-order valence-electron chi connectivity index (χ0n) is 10.8. The second kappa shape index (κ2) is 5.05. The maximum absolute atomic E-state index is 12.5. The quantitative estimate of drug-likeness (QED) is 0.842. The topological polar surface area (TPSA) is 29.5 Å². The number of benzene rings is 1. The van der Waals surface area contributed by atoms with Crippen LogP contribution >= 0.6 is 11.3 Å². The highest BCUT2D eigenvalue weighted by atomic mass is 32.1. The van der Waals surface area contributed by atoms with Crippen LogP contribution in [-0.2, 0) is 13.0 Å². The Morgan fingerprint density at radius 1 is 1.37 bits per heavy atom. The van der Waals surface area contributed by atoms with Crippen molar-refractivity contribution in [3.05, 3.63) is 51.7 Å². The second-order valence-corrected chi connectivity index (χ2v) is 5.58. The van der Waals surface area contributed by atoms with Crippen molar-refractivity contribution in [2.45, 2.75) is 13.0 Å². The van der Waals surface area contributed by atoms with E-state index in [2.05, 4.69) is 11.4 Å². The van der Waals surface area contributed by atoms with Gasteiger partial charge >= 0.3 is 0 Å². The lowest BCUT2D eigenvalue weighted by Crippen LogP contribution is -2.35. The van der Waals surface area contributed by atoms with Crippen LogP contribution in [0.15, 0.2) is 35.7 Å². The molecule has 2 aromatic rings. The van der Waals surface area contributed by atoms with Gasteiger partial charge in [0, 0.05) is 23.5 Å². The maximum atomic E-state index is 12.5. The predicted molar refractivity (Wildman–Crippen MR) is 75.8 cm³/mol. The smallest absolute Gasteiger partial charge is 0.254 e. The van der Waals surface area contributed by atoms with Crippen LogP contribution in [0.2, 0.25) is 0 Å². The number of nitrogens with zero attached hydrogens (tertiary/aromatic N) is 1. The second-order valence-electron chi connectivity index (χ2n) is 4.58. The Morgan fingerprint density at radius 3 is 3.11 bits per heavy atom. The van der Waals surface area contributed by atoms with Crippen molar-refractivity contribution in [3.63, 3.8) is 0 Å². The third-order valence-electron chi connectivity index (χ3n) is 3.41. The summed E-state index contributed by atoms with van der Waals surface area (Å²) >= 11 is 1.78. The van der Waals surface area contributed by atoms with Crippen LogP contribution in [-0.4, -0.2) is 24.5 Å². The molecule has 0 unspecified atom stereocenters. The van der Waals surface area contributed by atoms with Gasteiger partial charge in [0.2, 0.25) is 0 Å². The van der Waals surface area contributed by atoms with Crippen LogP contribution in [0.25, 0.3) is 0 Å². The van der Waals surface area contributed by atoms with Gasteiger partial charge in [0.25, 0.3) is 5.91 Å². The summed E-state index contributed by atoms with van der Waals surface area (Å²) in [5.41, 5.74) is 1.98. The van der Waals surface area contributed by atoms with E-state index in [1.165, 1.54) is 10.4 Å². The van der Waals surface area contributed by atoms with E-state index in [0.29, 0.717) is 5.56 Å². The third-order valence-corrected chi connectivity index (χ3v) is 4.43. The van der Waals surface area contributed by atoms with E-state index in [1.807, 2.05) is 23.1 Å². The van der Waals surface area contributed by atoms with Crippen molar-refractivity contribution in [1.29, 1.82) is 0 Å². The molecule has 1 aromatic heterocycles. The summed E-state index contributed by atoms with van der Waals surface area (Å²) in [6.45, 7) is 1.51. The van der Waals surface area contributed by atoms with E-state index in [1.54, 1.807) is 24.5 Å². The molecular weight excluding hydrogens is 258 g/mol. The average Bonchev–Trinajstić information content (AvgIpc) is 2.94. The number of rotatable bonds is 2. The van der Waals surface area contributed by atoms with Gasteiger partial charge in [-0.15, -0.1) is 11.3 Å². The molecule has 2 heterocycles. The van der Waals surface area contributed by atoms with Crippen molar-refractivity contribution in [2.24, 2.45) is 0 Å². The van der Waals surface area contributed by atoms with Gasteiger partial charge < -0.3 is 9.64 Å². The van der Waals surface area contributed by atoms with E-state index >= 15 is 0 Å². The molecule has 0 N–H and O–H groups in total. The summed E-state index contributed by atoms with van der Waals surface area (Å²) in [5, 5.41) is 2.10. The standard InChI is InChI=1S/C15H15NO2S/c1-18-13-4-2-3-11(9-13)15(17)16-7-5-14-12(10-16)6-8-19-14/h2-4,6,8-9H,5,7,10H2,1H3. The molecule has 0 spiro atoms. The molecule has 19 heavy (non-hydrogen) atoms. The number of carbonyl (C=O) groups excluding carboxylic acids is 1. The van der Waals surface area contributed by atoms with Crippen LogP contribution in [0.4, 0.5) is 0 Å². The van der Waals surface area contributed by atoms with Crippen LogP contribution in [0, 0.1) is 0 Å². The number of carbonyl (C=O) groups is 1. The Hall–Kier alpha value is -1.81. The first-order valence-electron chi connectivity index (χ1n) is 6.26. The minimum Gasteiger partial charge on any atom is -0.497 e. The van der Waals surface area contributed by atoms with E-state index in [9.17, 15) is 4.79 Å². The Kier molecular flexibility index (Phi) is 3.25. The molecule has 0 saturated heterocycles. The number of ether oxygens (including phenoxy) is 1. The fourth-order valence-corrected chi connectivity index (χ4v) is 3.25. The summed E-state index contributed by atoms with van der Waals surface area (Å²) in [7, 11) is 1.61. The molecule has 1 aromatic carbocycles. The number of methoxy groups -OCH3 is 1. The molecule has 0 saturated carbocycles. The van der Waals surface area contributed by atoms with Crippen molar-refractivity contribution in [1.82, 2.24) is 4.90 Å². The lowest BCUT2D eigenvalue weighted by Gasteiger charge is -2.27. The summed E-state index contributed by atoms with van der Waals surface area (Å²) in [6.07, 6.45) is 0.961. The zero-order valence-corrected chi connectivity index (χ0v) is 11.6. The Bertz CT molecular complexity index is 606. The average molecular weight is 273 g/mol. The molecule has 0 atom stereocenters. The van der Waals surface area contributed by atoms with Gasteiger partial charge in [0.1, 0.15) is 5.75 Å². The molecule has 0 bridgehead atoms. The molecule has 0 aliphatic carbocycles. The summed E-state index contributed by atoms with van der Waals surface area (Å²) in [4.78, 5) is 15.8. The maximum Gasteiger partial charge on any atom is 0.254 e. The molecule has 3 nitrogen and oxygen atoms in total. The monoisotopic (exact) mass is 273 g/mol. The lowest BCUT2D eigenvalue weighted by atomic mass is 10.1.